The van der Waals surface area contributed by atoms with Gasteiger partial charge in [0.15, 0.2) is 11.9 Å². The van der Waals surface area contributed by atoms with Gasteiger partial charge in [-0.2, -0.15) is 0 Å². The first kappa shape index (κ1) is 24.7. The molecular formula is C26H31N3O6. The summed E-state index contributed by atoms with van der Waals surface area (Å²) in [6.07, 6.45) is -2.20. The first-order valence-corrected chi connectivity index (χ1v) is 11.6. The highest BCUT2D eigenvalue weighted by Gasteiger charge is 2.50. The smallest absolute Gasteiger partial charge is 0.412 e. The SMILES string of the molecule is CC(=O)c1cccc(NC(=O)O[C@H]2CO[C@@H]3[C@@H]2OC[C@@H]3NC(=O)Nc2ccc(C(C)(C)C)cc2)c1. The van der Waals surface area contributed by atoms with Gasteiger partial charge in [-0.15, -0.1) is 0 Å². The Balaban J connectivity index is 1.27. The lowest BCUT2D eigenvalue weighted by molar-refractivity contribution is 0.00873. The Morgan fingerprint density at radius 1 is 0.914 bits per heavy atom. The van der Waals surface area contributed by atoms with E-state index in [2.05, 4.69) is 36.7 Å². The lowest BCUT2D eigenvalue weighted by Gasteiger charge is -2.20. The fourth-order valence-electron chi connectivity index (χ4n) is 4.18. The van der Waals surface area contributed by atoms with Gasteiger partial charge in [-0.1, -0.05) is 45.0 Å². The van der Waals surface area contributed by atoms with Gasteiger partial charge in [-0.25, -0.2) is 9.59 Å². The number of benzene rings is 2. The molecule has 0 saturated carbocycles. The Labute approximate surface area is 204 Å². The molecule has 3 N–H and O–H groups in total. The highest BCUT2D eigenvalue weighted by molar-refractivity contribution is 5.96. The molecule has 2 heterocycles. The molecule has 0 aromatic heterocycles. The number of hydrogen-bond acceptors (Lipinski definition) is 6. The van der Waals surface area contributed by atoms with Crippen molar-refractivity contribution in [1.29, 1.82) is 0 Å². The van der Waals surface area contributed by atoms with Crippen LogP contribution < -0.4 is 16.0 Å². The molecule has 0 aliphatic carbocycles. The number of fused-ring (bicyclic) bond motifs is 1. The number of carbonyl (C=O) groups excluding carboxylic acids is 3. The van der Waals surface area contributed by atoms with Crippen LogP contribution in [0.2, 0.25) is 0 Å². The normalized spacial score (nSPS) is 23.3. The summed E-state index contributed by atoms with van der Waals surface area (Å²) in [6.45, 7) is 8.25. The first-order chi connectivity index (χ1) is 16.6. The highest BCUT2D eigenvalue weighted by Crippen LogP contribution is 2.29. The Kier molecular flexibility index (Phi) is 7.09. The molecule has 0 radical (unpaired) electrons. The number of carbonyl (C=O) groups is 3. The van der Waals surface area contributed by atoms with E-state index in [1.165, 1.54) is 12.5 Å². The van der Waals surface area contributed by atoms with E-state index >= 15 is 0 Å². The average molecular weight is 482 g/mol. The van der Waals surface area contributed by atoms with Crippen LogP contribution in [0.3, 0.4) is 0 Å². The van der Waals surface area contributed by atoms with Gasteiger partial charge in [-0.05, 0) is 42.2 Å². The van der Waals surface area contributed by atoms with E-state index in [0.29, 0.717) is 16.9 Å². The van der Waals surface area contributed by atoms with E-state index < -0.39 is 24.4 Å². The zero-order valence-corrected chi connectivity index (χ0v) is 20.3. The maximum atomic E-state index is 12.5. The average Bonchev–Trinajstić information content (AvgIpc) is 3.37. The third-order valence-electron chi connectivity index (χ3n) is 6.11. The maximum Gasteiger partial charge on any atom is 0.412 e. The van der Waals surface area contributed by atoms with Crippen molar-refractivity contribution in [2.75, 3.05) is 23.8 Å². The Hall–Kier alpha value is -3.43. The molecule has 4 rings (SSSR count). The summed E-state index contributed by atoms with van der Waals surface area (Å²) in [6, 6.07) is 13.6. The summed E-state index contributed by atoms with van der Waals surface area (Å²) in [7, 11) is 0. The number of rotatable bonds is 5. The highest BCUT2D eigenvalue weighted by atomic mass is 16.6. The van der Waals surface area contributed by atoms with Crippen LogP contribution in [0, 0.1) is 0 Å². The molecule has 2 fully saturated rings. The lowest BCUT2D eigenvalue weighted by atomic mass is 9.87. The monoisotopic (exact) mass is 481 g/mol. The number of ketones is 1. The van der Waals surface area contributed by atoms with Crippen LogP contribution in [0.5, 0.6) is 0 Å². The molecule has 2 aliphatic rings. The van der Waals surface area contributed by atoms with E-state index in [1.807, 2.05) is 24.3 Å². The number of hydrogen-bond donors (Lipinski definition) is 3. The summed E-state index contributed by atoms with van der Waals surface area (Å²) >= 11 is 0. The van der Waals surface area contributed by atoms with E-state index in [1.54, 1.807) is 24.3 Å². The second-order valence-corrected chi connectivity index (χ2v) is 9.83. The molecule has 0 spiro atoms. The van der Waals surface area contributed by atoms with Crippen LogP contribution in [0.4, 0.5) is 21.0 Å². The van der Waals surface area contributed by atoms with Crippen molar-refractivity contribution in [3.05, 3.63) is 59.7 Å². The van der Waals surface area contributed by atoms with Crippen LogP contribution in [-0.4, -0.2) is 55.5 Å². The number of anilines is 2. The summed E-state index contributed by atoms with van der Waals surface area (Å²) in [5, 5.41) is 8.34. The third kappa shape index (κ3) is 5.98. The summed E-state index contributed by atoms with van der Waals surface area (Å²) in [5.41, 5.74) is 2.84. The molecule has 0 unspecified atom stereocenters. The number of ether oxygens (including phenoxy) is 3. The molecule has 2 aromatic rings. The predicted molar refractivity (Wildman–Crippen MR) is 131 cm³/mol. The number of amides is 3. The second-order valence-electron chi connectivity index (χ2n) is 9.83. The van der Waals surface area contributed by atoms with Crippen molar-refractivity contribution in [2.45, 2.75) is 57.5 Å². The maximum absolute atomic E-state index is 12.5. The van der Waals surface area contributed by atoms with Crippen LogP contribution in [0.15, 0.2) is 48.5 Å². The molecule has 4 atom stereocenters. The minimum absolute atomic E-state index is 0.0326. The lowest BCUT2D eigenvalue weighted by Crippen LogP contribution is -2.46. The topological polar surface area (TPSA) is 115 Å². The van der Waals surface area contributed by atoms with Crippen molar-refractivity contribution in [2.24, 2.45) is 0 Å². The number of nitrogens with one attached hydrogen (secondary N) is 3. The fourth-order valence-corrected chi connectivity index (χ4v) is 4.18. The predicted octanol–water partition coefficient (Wildman–Crippen LogP) is 4.09. The largest absolute Gasteiger partial charge is 0.441 e. The van der Waals surface area contributed by atoms with E-state index in [4.69, 9.17) is 14.2 Å². The summed E-state index contributed by atoms with van der Waals surface area (Å²) in [5.74, 6) is -0.0992. The zero-order chi connectivity index (χ0) is 25.2. The van der Waals surface area contributed by atoms with Gasteiger partial charge >= 0.3 is 12.1 Å². The van der Waals surface area contributed by atoms with Crippen LogP contribution in [0.25, 0.3) is 0 Å². The Morgan fingerprint density at radius 2 is 1.63 bits per heavy atom. The standard InChI is InChI=1S/C26H31N3O6/c1-15(30)16-6-5-7-19(12-16)28-25(32)35-21-14-34-22-20(13-33-23(21)22)29-24(31)27-18-10-8-17(9-11-18)26(2,3)4/h5-12,20-23H,13-14H2,1-4H3,(H,28,32)(H2,27,29,31)/t20-,21-,22-,23+/m0/s1. The van der Waals surface area contributed by atoms with Gasteiger partial charge in [0.2, 0.25) is 0 Å². The van der Waals surface area contributed by atoms with Crippen LogP contribution in [0.1, 0.15) is 43.6 Å². The van der Waals surface area contributed by atoms with Crippen LogP contribution >= 0.6 is 0 Å². The second kappa shape index (κ2) is 10.1. The number of Topliss-reactive ketones (excluding diaryl/α,β-unsaturated/α-hetero) is 1. The quantitative estimate of drug-likeness (QED) is 0.554. The number of urea groups is 1. The molecule has 2 saturated heterocycles. The fraction of sp³-hybridized carbons (Fsp3) is 0.423. The zero-order valence-electron chi connectivity index (χ0n) is 20.3. The molecule has 9 heteroatoms. The van der Waals surface area contributed by atoms with E-state index in [9.17, 15) is 14.4 Å². The molecule has 9 nitrogen and oxygen atoms in total. The minimum atomic E-state index is -0.670. The van der Waals surface area contributed by atoms with Crippen molar-refractivity contribution in [3.63, 3.8) is 0 Å². The molecule has 186 valence electrons. The minimum Gasteiger partial charge on any atom is -0.441 e. The van der Waals surface area contributed by atoms with Gasteiger partial charge < -0.3 is 24.8 Å². The molecular weight excluding hydrogens is 450 g/mol. The molecule has 2 aromatic carbocycles. The van der Waals surface area contributed by atoms with E-state index in [0.717, 1.165) is 0 Å². The van der Waals surface area contributed by atoms with Crippen molar-refractivity contribution in [3.8, 4) is 0 Å². The van der Waals surface area contributed by atoms with Gasteiger partial charge in [0, 0.05) is 16.9 Å². The van der Waals surface area contributed by atoms with Gasteiger partial charge in [0.1, 0.15) is 12.2 Å². The summed E-state index contributed by atoms with van der Waals surface area (Å²) in [4.78, 5) is 36.4. The third-order valence-corrected chi connectivity index (χ3v) is 6.11. The van der Waals surface area contributed by atoms with Crippen molar-refractivity contribution in [1.82, 2.24) is 5.32 Å². The summed E-state index contributed by atoms with van der Waals surface area (Å²) < 4.78 is 17.1. The molecule has 0 bridgehead atoms. The molecule has 2 aliphatic heterocycles. The van der Waals surface area contributed by atoms with Crippen LogP contribution in [-0.2, 0) is 19.6 Å². The van der Waals surface area contributed by atoms with Gasteiger partial charge in [0.05, 0.1) is 19.3 Å². The van der Waals surface area contributed by atoms with Crippen molar-refractivity contribution >= 4 is 29.3 Å². The van der Waals surface area contributed by atoms with Gasteiger partial charge in [0.25, 0.3) is 0 Å². The van der Waals surface area contributed by atoms with E-state index in [-0.39, 0.29) is 36.5 Å². The Morgan fingerprint density at radius 3 is 2.31 bits per heavy atom. The molecule has 35 heavy (non-hydrogen) atoms. The molecule has 3 amide bonds. The van der Waals surface area contributed by atoms with Gasteiger partial charge in [-0.3, -0.25) is 10.1 Å². The Bertz CT molecular complexity index is 1100. The van der Waals surface area contributed by atoms with Crippen molar-refractivity contribution < 1.29 is 28.6 Å². The first-order valence-electron chi connectivity index (χ1n) is 11.6.